The monoisotopic (exact) mass is 413 g/mol. The van der Waals surface area contributed by atoms with Gasteiger partial charge in [0.15, 0.2) is 0 Å². The summed E-state index contributed by atoms with van der Waals surface area (Å²) < 4.78 is 29.7. The number of hydrogen-bond acceptors (Lipinski definition) is 6. The maximum Gasteiger partial charge on any atom is 0.530 e. The van der Waals surface area contributed by atoms with E-state index in [0.717, 1.165) is 10.0 Å². The maximum absolute atomic E-state index is 12.7. The number of phosphoric acid groups is 1. The molecule has 1 heterocycles. The van der Waals surface area contributed by atoms with Gasteiger partial charge in [0, 0.05) is 23.0 Å². The lowest BCUT2D eigenvalue weighted by Crippen LogP contribution is -2.16. The van der Waals surface area contributed by atoms with Gasteiger partial charge >= 0.3 is 7.82 Å². The van der Waals surface area contributed by atoms with Crippen LogP contribution in [0.1, 0.15) is 18.1 Å². The van der Waals surface area contributed by atoms with Crippen molar-refractivity contribution in [1.82, 2.24) is 0 Å². The number of halogens is 1. The zero-order valence-electron chi connectivity index (χ0n) is 12.3. The van der Waals surface area contributed by atoms with Crippen molar-refractivity contribution in [2.45, 2.75) is 12.5 Å². The number of phosphoric ester groups is 1. The molecule has 0 aliphatic carbocycles. The van der Waals surface area contributed by atoms with Crippen LogP contribution in [-0.2, 0) is 13.6 Å². The lowest BCUT2D eigenvalue weighted by atomic mass is 10.1. The topological polar surface area (TPSA) is 87.9 Å². The molecule has 1 aliphatic rings. The zero-order chi connectivity index (χ0) is 17.2. The average molecular weight is 414 g/mol. The Morgan fingerprint density at radius 2 is 1.83 bits per heavy atom. The van der Waals surface area contributed by atoms with Gasteiger partial charge in [0.05, 0.1) is 17.6 Å². The first kappa shape index (κ1) is 17.1. The Kier molecular flexibility index (Phi) is 5.01. The molecule has 126 valence electrons. The summed E-state index contributed by atoms with van der Waals surface area (Å²) in [5, 5.41) is 10.6. The summed E-state index contributed by atoms with van der Waals surface area (Å²) in [4.78, 5) is 10.1. The van der Waals surface area contributed by atoms with E-state index < -0.39 is 18.8 Å². The van der Waals surface area contributed by atoms with Crippen LogP contribution in [-0.4, -0.2) is 11.5 Å². The van der Waals surface area contributed by atoms with Crippen LogP contribution in [0.15, 0.2) is 53.0 Å². The van der Waals surface area contributed by atoms with Gasteiger partial charge in [-0.05, 0) is 29.8 Å². The summed E-state index contributed by atoms with van der Waals surface area (Å²) in [5.74, 6) is 0.181. The Bertz CT molecular complexity index is 780. The first-order valence-corrected chi connectivity index (χ1v) is 9.33. The maximum atomic E-state index is 12.7. The van der Waals surface area contributed by atoms with E-state index in [4.69, 9.17) is 13.6 Å². The van der Waals surface area contributed by atoms with E-state index in [2.05, 4.69) is 15.9 Å². The fraction of sp³-hybridized carbons (Fsp3) is 0.200. The first-order chi connectivity index (χ1) is 11.5. The van der Waals surface area contributed by atoms with E-state index in [1.807, 2.05) is 24.3 Å². The molecule has 24 heavy (non-hydrogen) atoms. The molecule has 2 unspecified atom stereocenters. The summed E-state index contributed by atoms with van der Waals surface area (Å²) >= 11 is 3.36. The quantitative estimate of drug-likeness (QED) is 0.397. The highest BCUT2D eigenvalue weighted by Gasteiger charge is 2.37. The number of non-ortho nitro benzene ring substituents is 1. The molecule has 2 atom stereocenters. The highest BCUT2D eigenvalue weighted by Crippen LogP contribution is 2.56. The van der Waals surface area contributed by atoms with E-state index in [0.29, 0.717) is 6.42 Å². The Hall–Kier alpha value is -1.73. The summed E-state index contributed by atoms with van der Waals surface area (Å²) in [6.45, 7) is 0.227. The highest BCUT2D eigenvalue weighted by atomic mass is 79.9. The van der Waals surface area contributed by atoms with Crippen LogP contribution in [0.2, 0.25) is 0 Å². The second kappa shape index (κ2) is 7.03. The first-order valence-electron chi connectivity index (χ1n) is 7.08. The molecule has 0 amide bonds. The number of rotatable bonds is 4. The molecule has 0 N–H and O–H groups in total. The van der Waals surface area contributed by atoms with Crippen molar-refractivity contribution < 1.29 is 23.1 Å². The van der Waals surface area contributed by atoms with Crippen LogP contribution in [0.25, 0.3) is 0 Å². The zero-order valence-corrected chi connectivity index (χ0v) is 14.8. The minimum absolute atomic E-state index is 0.0844. The Balaban J connectivity index is 1.73. The van der Waals surface area contributed by atoms with Gasteiger partial charge in [0.25, 0.3) is 5.69 Å². The third-order valence-corrected chi connectivity index (χ3v) is 5.37. The number of hydrogen-bond donors (Lipinski definition) is 0. The van der Waals surface area contributed by atoms with E-state index >= 15 is 0 Å². The van der Waals surface area contributed by atoms with Crippen LogP contribution in [0.3, 0.4) is 0 Å². The molecule has 0 radical (unpaired) electrons. The molecule has 3 rings (SSSR count). The van der Waals surface area contributed by atoms with Crippen LogP contribution in [0, 0.1) is 10.1 Å². The molecule has 1 fully saturated rings. The summed E-state index contributed by atoms with van der Waals surface area (Å²) in [5.41, 5.74) is 0.785. The minimum Gasteiger partial charge on any atom is -0.404 e. The van der Waals surface area contributed by atoms with Gasteiger partial charge in [0.1, 0.15) is 5.75 Å². The van der Waals surface area contributed by atoms with Gasteiger partial charge < -0.3 is 4.52 Å². The van der Waals surface area contributed by atoms with Crippen molar-refractivity contribution in [3.63, 3.8) is 0 Å². The van der Waals surface area contributed by atoms with E-state index in [-0.39, 0.29) is 18.0 Å². The average Bonchev–Trinajstić information content (AvgIpc) is 2.55. The molecule has 2 aromatic carbocycles. The number of benzene rings is 2. The molecule has 1 saturated heterocycles. The predicted molar refractivity (Wildman–Crippen MR) is 89.9 cm³/mol. The van der Waals surface area contributed by atoms with Crippen molar-refractivity contribution >= 4 is 29.4 Å². The van der Waals surface area contributed by atoms with Gasteiger partial charge in [0.2, 0.25) is 0 Å². The smallest absolute Gasteiger partial charge is 0.404 e. The van der Waals surface area contributed by atoms with Crippen molar-refractivity contribution in [2.24, 2.45) is 0 Å². The number of nitro benzene ring substituents is 1. The van der Waals surface area contributed by atoms with Gasteiger partial charge in [-0.1, -0.05) is 28.1 Å². The standard InChI is InChI=1S/C15H13BrNO6P/c16-12-3-1-11(2-4-12)15-9-10-21-24(20,23-15)22-14-7-5-13(6-8-14)17(18)19/h1-8,15H,9-10H2. The second-order valence-corrected chi connectivity index (χ2v) is 7.52. The number of nitro groups is 1. The van der Waals surface area contributed by atoms with Gasteiger partial charge in [-0.15, -0.1) is 0 Å². The minimum atomic E-state index is -3.79. The van der Waals surface area contributed by atoms with Crippen LogP contribution in [0.5, 0.6) is 5.75 Å². The summed E-state index contributed by atoms with van der Waals surface area (Å²) in [6.07, 6.45) is 0.144. The Labute approximate surface area is 146 Å². The van der Waals surface area contributed by atoms with Crippen LogP contribution >= 0.6 is 23.8 Å². The van der Waals surface area contributed by atoms with Crippen molar-refractivity contribution in [2.75, 3.05) is 6.61 Å². The van der Waals surface area contributed by atoms with Gasteiger partial charge in [-0.2, -0.15) is 0 Å². The Morgan fingerprint density at radius 3 is 2.46 bits per heavy atom. The van der Waals surface area contributed by atoms with E-state index in [1.165, 1.54) is 24.3 Å². The van der Waals surface area contributed by atoms with Gasteiger partial charge in [-0.25, -0.2) is 4.57 Å². The lowest BCUT2D eigenvalue weighted by molar-refractivity contribution is -0.384. The fourth-order valence-electron chi connectivity index (χ4n) is 2.22. The molecule has 0 aromatic heterocycles. The molecule has 0 saturated carbocycles. The number of nitrogens with zero attached hydrogens (tertiary/aromatic N) is 1. The second-order valence-electron chi connectivity index (χ2n) is 5.06. The van der Waals surface area contributed by atoms with Crippen molar-refractivity contribution in [3.8, 4) is 5.75 Å². The highest BCUT2D eigenvalue weighted by molar-refractivity contribution is 9.10. The summed E-state index contributed by atoms with van der Waals surface area (Å²) in [6, 6.07) is 12.7. The van der Waals surface area contributed by atoms with Crippen molar-refractivity contribution in [1.29, 1.82) is 0 Å². The fourth-order valence-corrected chi connectivity index (χ4v) is 3.89. The van der Waals surface area contributed by atoms with Crippen LogP contribution < -0.4 is 4.52 Å². The molecule has 0 spiro atoms. The molecule has 1 aliphatic heterocycles. The summed E-state index contributed by atoms with van der Waals surface area (Å²) in [7, 11) is -3.79. The van der Waals surface area contributed by atoms with Crippen molar-refractivity contribution in [3.05, 3.63) is 68.7 Å². The molecule has 7 nitrogen and oxygen atoms in total. The van der Waals surface area contributed by atoms with E-state index in [1.54, 1.807) is 0 Å². The van der Waals surface area contributed by atoms with Gasteiger partial charge in [-0.3, -0.25) is 19.2 Å². The normalized spacial score (nSPS) is 23.6. The molecule has 2 aromatic rings. The molecular formula is C15H13BrNO6P. The largest absolute Gasteiger partial charge is 0.530 e. The molecular weight excluding hydrogens is 401 g/mol. The molecule has 9 heteroatoms. The predicted octanol–water partition coefficient (Wildman–Crippen LogP) is 5.02. The van der Waals surface area contributed by atoms with E-state index in [9.17, 15) is 14.7 Å². The lowest BCUT2D eigenvalue weighted by Gasteiger charge is -2.29. The Morgan fingerprint density at radius 1 is 1.17 bits per heavy atom. The molecule has 0 bridgehead atoms. The van der Waals surface area contributed by atoms with Crippen LogP contribution in [0.4, 0.5) is 5.69 Å². The third-order valence-electron chi connectivity index (χ3n) is 3.39. The SMILES string of the molecule is O=[N+]([O-])c1ccc(OP2(=O)OCCC(c3ccc(Br)cc3)O2)cc1. The third kappa shape index (κ3) is 4.02.